The largest absolute Gasteiger partial charge is 0.479 e. The van der Waals surface area contributed by atoms with Gasteiger partial charge in [0.05, 0.1) is 6.61 Å². The van der Waals surface area contributed by atoms with Gasteiger partial charge in [0, 0.05) is 24.9 Å². The quantitative estimate of drug-likeness (QED) is 0.790. The van der Waals surface area contributed by atoms with Gasteiger partial charge in [0.2, 0.25) is 5.88 Å². The number of carbonyl (C=O) groups excluding carboxylic acids is 1. The lowest BCUT2D eigenvalue weighted by Crippen LogP contribution is -2.55. The molecule has 1 saturated carbocycles. The Balaban J connectivity index is 2.06. The molecule has 1 aromatic rings. The minimum absolute atomic E-state index is 0.127. The fourth-order valence-electron chi connectivity index (χ4n) is 2.73. The molecule has 0 spiro atoms. The van der Waals surface area contributed by atoms with Crippen LogP contribution in [-0.2, 0) is 9.53 Å². The summed E-state index contributed by atoms with van der Waals surface area (Å²) >= 11 is 0. The first-order valence-electron chi connectivity index (χ1n) is 8.12. The number of rotatable bonds is 7. The smallest absolute Gasteiger partial charge is 0.331 e. The maximum absolute atomic E-state index is 12.4. The van der Waals surface area contributed by atoms with Gasteiger partial charge in [-0.2, -0.15) is 0 Å². The van der Waals surface area contributed by atoms with E-state index in [1.807, 2.05) is 0 Å². The van der Waals surface area contributed by atoms with Crippen LogP contribution in [-0.4, -0.2) is 47.3 Å². The van der Waals surface area contributed by atoms with Gasteiger partial charge in [0.15, 0.2) is 5.54 Å². The van der Waals surface area contributed by atoms with Gasteiger partial charge < -0.3 is 19.9 Å². The van der Waals surface area contributed by atoms with Crippen molar-refractivity contribution >= 4 is 11.9 Å². The number of nitrogens with zero attached hydrogens (tertiary/aromatic N) is 1. The van der Waals surface area contributed by atoms with E-state index in [0.29, 0.717) is 11.4 Å². The molecule has 1 unspecified atom stereocenters. The second kappa shape index (κ2) is 8.10. The second-order valence-corrected chi connectivity index (χ2v) is 6.29. The Morgan fingerprint density at radius 1 is 1.38 bits per heavy atom. The minimum atomic E-state index is -1.50. The number of hydrogen-bond donors (Lipinski definition) is 2. The van der Waals surface area contributed by atoms with Crippen molar-refractivity contribution < 1.29 is 24.2 Å². The molecule has 1 aliphatic rings. The lowest BCUT2D eigenvalue weighted by Gasteiger charge is -2.25. The molecular weight excluding hydrogens is 312 g/mol. The van der Waals surface area contributed by atoms with Crippen LogP contribution < -0.4 is 10.1 Å². The highest BCUT2D eigenvalue weighted by molar-refractivity contribution is 5.97. The van der Waals surface area contributed by atoms with Crippen LogP contribution >= 0.6 is 0 Å². The van der Waals surface area contributed by atoms with Gasteiger partial charge in [-0.1, -0.05) is 6.42 Å². The Morgan fingerprint density at radius 2 is 2.08 bits per heavy atom. The van der Waals surface area contributed by atoms with Crippen LogP contribution in [0.15, 0.2) is 18.3 Å². The number of hydrogen-bond acceptors (Lipinski definition) is 5. The third kappa shape index (κ3) is 4.67. The number of ether oxygens (including phenoxy) is 2. The molecule has 1 heterocycles. The SMILES string of the molecule is COCC(C)(NC(=O)c1ccnc(OC2CCCCC2)c1)C(=O)O. The van der Waals surface area contributed by atoms with Gasteiger partial charge in [-0.25, -0.2) is 9.78 Å². The van der Waals surface area contributed by atoms with Crippen LogP contribution in [0.4, 0.5) is 0 Å². The highest BCUT2D eigenvalue weighted by Gasteiger charge is 2.35. The molecule has 24 heavy (non-hydrogen) atoms. The molecule has 1 aromatic heterocycles. The Morgan fingerprint density at radius 3 is 2.71 bits per heavy atom. The number of aliphatic carboxylic acids is 1. The highest BCUT2D eigenvalue weighted by atomic mass is 16.5. The van der Waals surface area contributed by atoms with Crippen LogP contribution in [0.1, 0.15) is 49.4 Å². The number of carboxylic acids is 1. The number of nitrogens with one attached hydrogen (secondary N) is 1. The maximum Gasteiger partial charge on any atom is 0.331 e. The van der Waals surface area contributed by atoms with Crippen molar-refractivity contribution in [2.24, 2.45) is 0 Å². The van der Waals surface area contributed by atoms with Crippen molar-refractivity contribution in [1.82, 2.24) is 10.3 Å². The number of amides is 1. The van der Waals surface area contributed by atoms with Crippen LogP contribution in [0.5, 0.6) is 5.88 Å². The predicted octanol–water partition coefficient (Wildman–Crippen LogP) is 2.01. The van der Waals surface area contributed by atoms with E-state index in [0.717, 1.165) is 25.7 Å². The first kappa shape index (κ1) is 18.2. The van der Waals surface area contributed by atoms with Crippen molar-refractivity contribution in [2.75, 3.05) is 13.7 Å². The van der Waals surface area contributed by atoms with Crippen LogP contribution in [0.3, 0.4) is 0 Å². The monoisotopic (exact) mass is 336 g/mol. The zero-order valence-electron chi connectivity index (χ0n) is 14.1. The van der Waals surface area contributed by atoms with E-state index in [1.54, 1.807) is 6.07 Å². The van der Waals surface area contributed by atoms with Crippen LogP contribution in [0, 0.1) is 0 Å². The Bertz CT molecular complexity index is 586. The summed E-state index contributed by atoms with van der Waals surface area (Å²) in [5, 5.41) is 11.8. The topological polar surface area (TPSA) is 97.8 Å². The van der Waals surface area contributed by atoms with E-state index in [2.05, 4.69) is 10.3 Å². The summed E-state index contributed by atoms with van der Waals surface area (Å²) in [4.78, 5) is 27.9. The predicted molar refractivity (Wildman–Crippen MR) is 87.1 cm³/mol. The summed E-state index contributed by atoms with van der Waals surface area (Å²) in [6.45, 7) is 1.27. The summed E-state index contributed by atoms with van der Waals surface area (Å²) in [7, 11) is 1.38. The first-order valence-corrected chi connectivity index (χ1v) is 8.12. The highest BCUT2D eigenvalue weighted by Crippen LogP contribution is 2.22. The van der Waals surface area contributed by atoms with Gasteiger partial charge in [0.1, 0.15) is 6.10 Å². The summed E-state index contributed by atoms with van der Waals surface area (Å²) in [5.74, 6) is -1.28. The average Bonchev–Trinajstić information content (AvgIpc) is 2.56. The van der Waals surface area contributed by atoms with Gasteiger partial charge in [0.25, 0.3) is 5.91 Å². The van der Waals surface area contributed by atoms with Gasteiger partial charge in [-0.15, -0.1) is 0 Å². The van der Waals surface area contributed by atoms with Crippen LogP contribution in [0.25, 0.3) is 0 Å². The fourth-order valence-corrected chi connectivity index (χ4v) is 2.73. The fraction of sp³-hybridized carbons (Fsp3) is 0.588. The van der Waals surface area contributed by atoms with E-state index in [9.17, 15) is 14.7 Å². The van der Waals surface area contributed by atoms with E-state index in [-0.39, 0.29) is 12.7 Å². The molecule has 0 bridgehead atoms. The average molecular weight is 336 g/mol. The molecule has 7 heteroatoms. The number of carboxylic acid groups (broad SMARTS) is 1. The third-order valence-corrected chi connectivity index (χ3v) is 4.13. The van der Waals surface area contributed by atoms with Crippen molar-refractivity contribution in [3.05, 3.63) is 23.9 Å². The van der Waals surface area contributed by atoms with Crippen molar-refractivity contribution in [3.63, 3.8) is 0 Å². The molecule has 0 radical (unpaired) electrons. The number of carbonyl (C=O) groups is 2. The molecule has 0 aliphatic heterocycles. The molecular formula is C17H24N2O5. The number of methoxy groups -OCH3 is 1. The Labute approximate surface area is 141 Å². The van der Waals surface area contributed by atoms with E-state index >= 15 is 0 Å². The molecule has 2 N–H and O–H groups in total. The number of aromatic nitrogens is 1. The first-order chi connectivity index (χ1) is 11.4. The standard InChI is InChI=1S/C17H24N2O5/c1-17(11-23-2,16(21)22)19-15(20)12-8-9-18-14(10-12)24-13-6-4-3-5-7-13/h8-10,13H,3-7,11H2,1-2H3,(H,19,20)(H,21,22). The zero-order valence-corrected chi connectivity index (χ0v) is 14.1. The van der Waals surface area contributed by atoms with Crippen LogP contribution in [0.2, 0.25) is 0 Å². The van der Waals surface area contributed by atoms with E-state index < -0.39 is 17.4 Å². The molecule has 2 rings (SSSR count). The minimum Gasteiger partial charge on any atom is -0.479 e. The number of pyridine rings is 1. The third-order valence-electron chi connectivity index (χ3n) is 4.13. The van der Waals surface area contributed by atoms with Crippen molar-refractivity contribution in [3.8, 4) is 5.88 Å². The van der Waals surface area contributed by atoms with Crippen molar-refractivity contribution in [1.29, 1.82) is 0 Å². The summed E-state index contributed by atoms with van der Waals surface area (Å²) < 4.78 is 10.7. The second-order valence-electron chi connectivity index (χ2n) is 6.29. The molecule has 1 aliphatic carbocycles. The molecule has 7 nitrogen and oxygen atoms in total. The van der Waals surface area contributed by atoms with Crippen molar-refractivity contribution in [2.45, 2.75) is 50.7 Å². The molecule has 1 atom stereocenters. The molecule has 1 amide bonds. The molecule has 1 fully saturated rings. The van der Waals surface area contributed by atoms with Gasteiger partial charge in [-0.05, 0) is 38.7 Å². The summed E-state index contributed by atoms with van der Waals surface area (Å²) in [6.07, 6.45) is 7.09. The van der Waals surface area contributed by atoms with E-state index in [1.165, 1.54) is 32.7 Å². The zero-order chi connectivity index (χ0) is 17.6. The lowest BCUT2D eigenvalue weighted by molar-refractivity contribution is -0.145. The summed E-state index contributed by atoms with van der Waals surface area (Å²) in [6, 6.07) is 3.07. The Kier molecular flexibility index (Phi) is 6.14. The van der Waals surface area contributed by atoms with Gasteiger partial charge >= 0.3 is 5.97 Å². The molecule has 0 saturated heterocycles. The molecule has 132 valence electrons. The van der Waals surface area contributed by atoms with Gasteiger partial charge in [-0.3, -0.25) is 4.79 Å². The maximum atomic E-state index is 12.4. The molecule has 0 aromatic carbocycles. The lowest BCUT2D eigenvalue weighted by atomic mass is 9.98. The normalized spacial score (nSPS) is 17.8. The van der Waals surface area contributed by atoms with E-state index in [4.69, 9.17) is 9.47 Å². The Hall–Kier alpha value is -2.15. The summed E-state index contributed by atoms with van der Waals surface area (Å²) in [5.41, 5.74) is -1.20.